The molecule has 0 spiro atoms. The summed E-state index contributed by atoms with van der Waals surface area (Å²) in [6.07, 6.45) is -0.176. The number of fused-ring (bicyclic) bond motifs is 1. The van der Waals surface area contributed by atoms with E-state index in [2.05, 4.69) is 5.32 Å². The van der Waals surface area contributed by atoms with Crippen molar-refractivity contribution in [2.45, 2.75) is 26.2 Å². The summed E-state index contributed by atoms with van der Waals surface area (Å²) in [5, 5.41) is 2.79. The minimum Gasteiger partial charge on any atom is -0.351 e. The fraction of sp³-hybridized carbons (Fsp3) is 0.364. The van der Waals surface area contributed by atoms with E-state index in [1.54, 1.807) is 0 Å². The van der Waals surface area contributed by atoms with Crippen molar-refractivity contribution in [2.24, 2.45) is 0 Å². The maximum Gasteiger partial charge on any atom is 0.253 e. The lowest BCUT2D eigenvalue weighted by Crippen LogP contribution is -2.23. The van der Waals surface area contributed by atoms with Crippen LogP contribution in [0.1, 0.15) is 36.0 Å². The first-order valence-electron chi connectivity index (χ1n) is 4.73. The fourth-order valence-corrected chi connectivity index (χ4v) is 1.59. The molecule has 1 aromatic carbocycles. The summed E-state index contributed by atoms with van der Waals surface area (Å²) >= 11 is 0. The quantitative estimate of drug-likeness (QED) is 0.774. The number of benzene rings is 1. The Kier molecular flexibility index (Phi) is 2.25. The van der Waals surface area contributed by atoms with Gasteiger partial charge in [-0.3, -0.25) is 4.79 Å². The number of hydrogen-bond donors (Lipinski definition) is 1. The zero-order valence-corrected chi connectivity index (χ0v) is 8.28. The largest absolute Gasteiger partial charge is 0.351 e. The number of rotatable bonds is 2. The maximum absolute atomic E-state index is 11.5. The molecule has 1 heterocycles. The summed E-state index contributed by atoms with van der Waals surface area (Å²) in [7, 11) is 0. The average molecular weight is 191 g/mol. The third kappa shape index (κ3) is 1.51. The molecule has 0 aliphatic carbocycles. The van der Waals surface area contributed by atoms with Crippen molar-refractivity contribution in [1.82, 2.24) is 5.32 Å². The van der Waals surface area contributed by atoms with Crippen LogP contribution in [0.15, 0.2) is 24.3 Å². The van der Waals surface area contributed by atoms with E-state index in [1.807, 2.05) is 38.1 Å². The predicted octanol–water partition coefficient (Wildman–Crippen LogP) is 1.85. The summed E-state index contributed by atoms with van der Waals surface area (Å²) in [5.74, 6) is -0.0498. The van der Waals surface area contributed by atoms with Crippen molar-refractivity contribution in [2.75, 3.05) is 0 Å². The number of carbonyl (C=O) groups is 1. The summed E-state index contributed by atoms with van der Waals surface area (Å²) in [5.41, 5.74) is 1.66. The van der Waals surface area contributed by atoms with Crippen molar-refractivity contribution < 1.29 is 9.53 Å². The minimum atomic E-state index is -0.279. The summed E-state index contributed by atoms with van der Waals surface area (Å²) in [4.78, 5) is 11.5. The Balaban J connectivity index is 2.30. The Hall–Kier alpha value is -1.35. The van der Waals surface area contributed by atoms with E-state index < -0.39 is 0 Å². The molecule has 3 nitrogen and oxygen atoms in total. The van der Waals surface area contributed by atoms with Gasteiger partial charge in [0.1, 0.15) is 0 Å². The van der Waals surface area contributed by atoms with Crippen LogP contribution in [0, 0.1) is 0 Å². The lowest BCUT2D eigenvalue weighted by atomic mass is 10.1. The second-order valence-electron chi connectivity index (χ2n) is 3.63. The molecule has 1 aromatic rings. The lowest BCUT2D eigenvalue weighted by molar-refractivity contribution is -0.00508. The van der Waals surface area contributed by atoms with Crippen molar-refractivity contribution >= 4 is 5.91 Å². The van der Waals surface area contributed by atoms with E-state index in [0.29, 0.717) is 0 Å². The predicted molar refractivity (Wildman–Crippen MR) is 52.9 cm³/mol. The van der Waals surface area contributed by atoms with Gasteiger partial charge >= 0.3 is 0 Å². The fourth-order valence-electron chi connectivity index (χ4n) is 1.59. The summed E-state index contributed by atoms with van der Waals surface area (Å²) in [6, 6.07) is 7.50. The van der Waals surface area contributed by atoms with Gasteiger partial charge in [0.05, 0.1) is 6.10 Å². The highest BCUT2D eigenvalue weighted by atomic mass is 16.5. The summed E-state index contributed by atoms with van der Waals surface area (Å²) < 4.78 is 5.58. The van der Waals surface area contributed by atoms with Crippen LogP contribution in [0.3, 0.4) is 0 Å². The average Bonchev–Trinajstić information content (AvgIpc) is 2.44. The summed E-state index contributed by atoms with van der Waals surface area (Å²) in [6.45, 7) is 3.90. The molecular weight excluding hydrogens is 178 g/mol. The number of amides is 1. The van der Waals surface area contributed by atoms with Crippen molar-refractivity contribution in [1.29, 1.82) is 0 Å². The molecule has 14 heavy (non-hydrogen) atoms. The van der Waals surface area contributed by atoms with E-state index in [1.165, 1.54) is 0 Å². The molecule has 0 radical (unpaired) electrons. The molecule has 1 N–H and O–H groups in total. The van der Waals surface area contributed by atoms with Crippen LogP contribution < -0.4 is 5.32 Å². The molecule has 1 unspecified atom stereocenters. The first-order chi connectivity index (χ1) is 6.68. The van der Waals surface area contributed by atoms with Gasteiger partial charge in [0.25, 0.3) is 5.91 Å². The van der Waals surface area contributed by atoms with Gasteiger partial charge in [-0.1, -0.05) is 18.2 Å². The van der Waals surface area contributed by atoms with Crippen LogP contribution in [-0.2, 0) is 4.74 Å². The van der Waals surface area contributed by atoms with Crippen molar-refractivity contribution in [3.63, 3.8) is 0 Å². The molecule has 74 valence electrons. The lowest BCUT2D eigenvalue weighted by Gasteiger charge is -2.15. The molecule has 1 amide bonds. The van der Waals surface area contributed by atoms with Gasteiger partial charge in [-0.2, -0.15) is 0 Å². The zero-order chi connectivity index (χ0) is 10.1. The topological polar surface area (TPSA) is 38.3 Å². The number of hydrogen-bond acceptors (Lipinski definition) is 2. The molecule has 1 aliphatic rings. The minimum absolute atomic E-state index is 0.0498. The highest BCUT2D eigenvalue weighted by Gasteiger charge is 2.28. The molecule has 1 atom stereocenters. The van der Waals surface area contributed by atoms with Crippen LogP contribution in [0.25, 0.3) is 0 Å². The molecule has 0 fully saturated rings. The molecule has 0 bridgehead atoms. The van der Waals surface area contributed by atoms with Gasteiger partial charge in [0.2, 0.25) is 0 Å². The highest BCUT2D eigenvalue weighted by molar-refractivity contribution is 5.98. The number of ether oxygens (including phenoxy) is 1. The smallest absolute Gasteiger partial charge is 0.253 e. The highest BCUT2D eigenvalue weighted by Crippen LogP contribution is 2.26. The molecule has 0 saturated heterocycles. The third-order valence-corrected chi connectivity index (χ3v) is 2.16. The van der Waals surface area contributed by atoms with E-state index in [0.717, 1.165) is 11.1 Å². The maximum atomic E-state index is 11.5. The number of nitrogens with one attached hydrogen (secondary N) is 1. The third-order valence-electron chi connectivity index (χ3n) is 2.16. The molecule has 3 heteroatoms. The van der Waals surface area contributed by atoms with E-state index >= 15 is 0 Å². The van der Waals surface area contributed by atoms with Crippen LogP contribution in [0.5, 0.6) is 0 Å². The Morgan fingerprint density at radius 3 is 2.79 bits per heavy atom. The van der Waals surface area contributed by atoms with Gasteiger partial charge < -0.3 is 10.1 Å². The van der Waals surface area contributed by atoms with Crippen LogP contribution >= 0.6 is 0 Å². The molecular formula is C11H13NO2. The van der Waals surface area contributed by atoms with Gasteiger partial charge in [-0.15, -0.1) is 0 Å². The van der Waals surface area contributed by atoms with Crippen LogP contribution in [0.2, 0.25) is 0 Å². The molecule has 1 aliphatic heterocycles. The Morgan fingerprint density at radius 2 is 2.07 bits per heavy atom. The monoisotopic (exact) mass is 191 g/mol. The second kappa shape index (κ2) is 3.42. The van der Waals surface area contributed by atoms with Crippen molar-refractivity contribution in [3.8, 4) is 0 Å². The number of carbonyl (C=O) groups excluding carboxylic acids is 1. The van der Waals surface area contributed by atoms with E-state index in [9.17, 15) is 4.79 Å². The second-order valence-corrected chi connectivity index (χ2v) is 3.63. The zero-order valence-electron chi connectivity index (χ0n) is 8.28. The van der Waals surface area contributed by atoms with Crippen molar-refractivity contribution in [3.05, 3.63) is 35.4 Å². The molecule has 0 aromatic heterocycles. The molecule has 0 saturated carbocycles. The van der Waals surface area contributed by atoms with Gasteiger partial charge in [0, 0.05) is 11.1 Å². The van der Waals surface area contributed by atoms with Gasteiger partial charge in [-0.05, 0) is 19.9 Å². The van der Waals surface area contributed by atoms with Crippen LogP contribution in [-0.4, -0.2) is 12.0 Å². The van der Waals surface area contributed by atoms with Crippen LogP contribution in [0.4, 0.5) is 0 Å². The van der Waals surface area contributed by atoms with Gasteiger partial charge in [0.15, 0.2) is 6.23 Å². The van der Waals surface area contributed by atoms with E-state index in [4.69, 9.17) is 4.74 Å². The van der Waals surface area contributed by atoms with Gasteiger partial charge in [-0.25, -0.2) is 0 Å². The molecule has 2 rings (SSSR count). The Labute approximate surface area is 83.1 Å². The normalized spacial score (nSPS) is 19.6. The first-order valence-corrected chi connectivity index (χ1v) is 4.73. The Bertz CT molecular complexity index is 360. The van der Waals surface area contributed by atoms with E-state index in [-0.39, 0.29) is 18.2 Å². The SMILES string of the molecule is CC(C)OC1NC(=O)c2ccccc21. The standard InChI is InChI=1S/C11H13NO2/c1-7(2)14-11-9-6-4-3-5-8(9)10(13)12-11/h3-7,11H,1-2H3,(H,12,13). The first kappa shape index (κ1) is 9.21. The Morgan fingerprint density at radius 1 is 1.36 bits per heavy atom.